The summed E-state index contributed by atoms with van der Waals surface area (Å²) in [5.74, 6) is 0.934. The monoisotopic (exact) mass is 365 g/mol. The molecule has 0 aliphatic heterocycles. The SMILES string of the molecule is CCN(CC)Cc1cc(C(C)N(CC)CCNC(=O)OC)ccc1OC. The van der Waals surface area contributed by atoms with Gasteiger partial charge in [0.1, 0.15) is 5.75 Å². The number of hydrogen-bond donors (Lipinski definition) is 1. The van der Waals surface area contributed by atoms with Gasteiger partial charge in [0.05, 0.1) is 14.2 Å². The highest BCUT2D eigenvalue weighted by Crippen LogP contribution is 2.27. The number of carbonyl (C=O) groups excluding carboxylic acids is 1. The van der Waals surface area contributed by atoms with E-state index in [1.165, 1.54) is 18.2 Å². The number of methoxy groups -OCH3 is 2. The van der Waals surface area contributed by atoms with Gasteiger partial charge in [0, 0.05) is 31.2 Å². The van der Waals surface area contributed by atoms with Gasteiger partial charge in [-0.2, -0.15) is 0 Å². The van der Waals surface area contributed by atoms with Crippen LogP contribution < -0.4 is 10.1 Å². The third-order valence-corrected chi connectivity index (χ3v) is 4.88. The molecule has 0 aliphatic carbocycles. The number of nitrogens with one attached hydrogen (secondary N) is 1. The smallest absolute Gasteiger partial charge is 0.406 e. The van der Waals surface area contributed by atoms with E-state index in [-0.39, 0.29) is 12.1 Å². The molecule has 1 amide bonds. The first-order valence-corrected chi connectivity index (χ1v) is 9.45. The maximum atomic E-state index is 11.2. The van der Waals surface area contributed by atoms with Crippen molar-refractivity contribution in [2.24, 2.45) is 0 Å². The third kappa shape index (κ3) is 6.50. The Hall–Kier alpha value is -1.79. The van der Waals surface area contributed by atoms with Crippen molar-refractivity contribution in [3.63, 3.8) is 0 Å². The second kappa shape index (κ2) is 11.8. The fourth-order valence-electron chi connectivity index (χ4n) is 3.08. The molecule has 1 rings (SSSR count). The average molecular weight is 366 g/mol. The van der Waals surface area contributed by atoms with Crippen LogP contribution in [0.5, 0.6) is 5.75 Å². The summed E-state index contributed by atoms with van der Waals surface area (Å²) >= 11 is 0. The summed E-state index contributed by atoms with van der Waals surface area (Å²) in [6.07, 6.45) is -0.389. The lowest BCUT2D eigenvalue weighted by Crippen LogP contribution is -2.36. The molecule has 1 atom stereocenters. The Kier molecular flexibility index (Phi) is 10.1. The molecule has 1 aromatic carbocycles. The normalized spacial score (nSPS) is 12.3. The molecule has 0 fully saturated rings. The molecular formula is C20H35N3O3. The molecule has 0 aromatic heterocycles. The zero-order valence-corrected chi connectivity index (χ0v) is 17.2. The summed E-state index contributed by atoms with van der Waals surface area (Å²) in [6, 6.07) is 6.69. The van der Waals surface area contributed by atoms with Crippen LogP contribution >= 0.6 is 0 Å². The van der Waals surface area contributed by atoms with Crippen molar-refractivity contribution < 1.29 is 14.3 Å². The largest absolute Gasteiger partial charge is 0.496 e. The number of likely N-dealkylation sites (N-methyl/N-ethyl adjacent to an activating group) is 1. The molecule has 6 nitrogen and oxygen atoms in total. The Morgan fingerprint density at radius 3 is 2.38 bits per heavy atom. The van der Waals surface area contributed by atoms with Crippen molar-refractivity contribution in [1.82, 2.24) is 15.1 Å². The molecule has 1 aromatic rings. The molecule has 6 heteroatoms. The summed E-state index contributed by atoms with van der Waals surface area (Å²) < 4.78 is 10.2. The van der Waals surface area contributed by atoms with E-state index in [9.17, 15) is 4.79 Å². The lowest BCUT2D eigenvalue weighted by Gasteiger charge is -2.29. The van der Waals surface area contributed by atoms with E-state index < -0.39 is 0 Å². The van der Waals surface area contributed by atoms with Crippen LogP contribution in [0.3, 0.4) is 0 Å². The predicted octanol–water partition coefficient (Wildman–Crippen LogP) is 3.28. The summed E-state index contributed by atoms with van der Waals surface area (Å²) in [4.78, 5) is 15.9. The summed E-state index contributed by atoms with van der Waals surface area (Å²) in [5.41, 5.74) is 2.47. The van der Waals surface area contributed by atoms with Gasteiger partial charge in [0.25, 0.3) is 0 Å². The van der Waals surface area contributed by atoms with Crippen molar-refractivity contribution in [3.8, 4) is 5.75 Å². The van der Waals surface area contributed by atoms with E-state index in [1.54, 1.807) is 7.11 Å². The molecule has 148 valence electrons. The van der Waals surface area contributed by atoms with Gasteiger partial charge in [0.2, 0.25) is 0 Å². The number of hydrogen-bond acceptors (Lipinski definition) is 5. The first-order chi connectivity index (χ1) is 12.5. The van der Waals surface area contributed by atoms with Gasteiger partial charge in [0.15, 0.2) is 0 Å². The van der Waals surface area contributed by atoms with E-state index in [0.717, 1.165) is 38.5 Å². The van der Waals surface area contributed by atoms with Gasteiger partial charge in [-0.3, -0.25) is 9.80 Å². The molecule has 26 heavy (non-hydrogen) atoms. The van der Waals surface area contributed by atoms with Gasteiger partial charge in [-0.15, -0.1) is 0 Å². The van der Waals surface area contributed by atoms with Gasteiger partial charge in [-0.1, -0.05) is 26.8 Å². The molecule has 0 bridgehead atoms. The second-order valence-corrected chi connectivity index (χ2v) is 6.26. The number of ether oxygens (including phenoxy) is 2. The van der Waals surface area contributed by atoms with E-state index in [0.29, 0.717) is 6.54 Å². The van der Waals surface area contributed by atoms with Crippen molar-refractivity contribution in [2.75, 3.05) is 46.9 Å². The van der Waals surface area contributed by atoms with Crippen LogP contribution in [0, 0.1) is 0 Å². The Morgan fingerprint density at radius 2 is 1.85 bits per heavy atom. The van der Waals surface area contributed by atoms with E-state index in [2.05, 4.69) is 65.7 Å². The summed E-state index contributed by atoms with van der Waals surface area (Å²) in [7, 11) is 3.10. The molecule has 1 unspecified atom stereocenters. The molecular weight excluding hydrogens is 330 g/mol. The zero-order chi connectivity index (χ0) is 19.5. The molecule has 0 saturated carbocycles. The van der Waals surface area contributed by atoms with Crippen LogP contribution in [0.15, 0.2) is 18.2 Å². The average Bonchev–Trinajstić information content (AvgIpc) is 2.68. The van der Waals surface area contributed by atoms with Crippen molar-refractivity contribution >= 4 is 6.09 Å². The number of nitrogens with zero attached hydrogens (tertiary/aromatic N) is 2. The second-order valence-electron chi connectivity index (χ2n) is 6.26. The fraction of sp³-hybridized carbons (Fsp3) is 0.650. The highest BCUT2D eigenvalue weighted by atomic mass is 16.5. The van der Waals surface area contributed by atoms with Crippen LogP contribution in [0.25, 0.3) is 0 Å². The maximum Gasteiger partial charge on any atom is 0.406 e. The number of rotatable bonds is 11. The van der Waals surface area contributed by atoms with Crippen molar-refractivity contribution in [1.29, 1.82) is 0 Å². The first-order valence-electron chi connectivity index (χ1n) is 9.45. The highest BCUT2D eigenvalue weighted by Gasteiger charge is 2.17. The number of carbonyl (C=O) groups is 1. The maximum absolute atomic E-state index is 11.2. The first kappa shape index (κ1) is 22.3. The quantitative estimate of drug-likeness (QED) is 0.652. The number of amides is 1. The summed E-state index contributed by atoms with van der Waals surface area (Å²) in [6.45, 7) is 13.8. The molecule has 0 spiro atoms. The van der Waals surface area contributed by atoms with Crippen LogP contribution in [-0.2, 0) is 11.3 Å². The van der Waals surface area contributed by atoms with Crippen LogP contribution in [0.4, 0.5) is 4.79 Å². The zero-order valence-electron chi connectivity index (χ0n) is 17.2. The van der Waals surface area contributed by atoms with Gasteiger partial charge in [-0.25, -0.2) is 4.79 Å². The minimum absolute atomic E-state index is 0.251. The Bertz CT molecular complexity index is 547. The van der Waals surface area contributed by atoms with Crippen molar-refractivity contribution in [2.45, 2.75) is 40.3 Å². The number of alkyl carbamates (subject to hydrolysis) is 1. The van der Waals surface area contributed by atoms with E-state index in [4.69, 9.17) is 4.74 Å². The molecule has 1 N–H and O–H groups in total. The Balaban J connectivity index is 2.88. The van der Waals surface area contributed by atoms with Gasteiger partial charge in [-0.05, 0) is 44.3 Å². The topological polar surface area (TPSA) is 54.0 Å². The molecule has 0 saturated heterocycles. The lowest BCUT2D eigenvalue weighted by molar-refractivity contribution is 0.165. The number of benzene rings is 1. The minimum atomic E-state index is -0.389. The Morgan fingerprint density at radius 1 is 1.15 bits per heavy atom. The molecule has 0 radical (unpaired) electrons. The third-order valence-electron chi connectivity index (χ3n) is 4.88. The lowest BCUT2D eigenvalue weighted by atomic mass is 10.0. The van der Waals surface area contributed by atoms with Crippen LogP contribution in [-0.4, -0.2) is 62.8 Å². The van der Waals surface area contributed by atoms with Gasteiger partial charge < -0.3 is 14.8 Å². The fourth-order valence-corrected chi connectivity index (χ4v) is 3.08. The Labute approximate surface area is 158 Å². The van der Waals surface area contributed by atoms with Crippen LogP contribution in [0.1, 0.15) is 44.9 Å². The standard InChI is InChI=1S/C20H35N3O3/c1-7-22(8-2)15-18-14-17(10-11-19(18)25-5)16(4)23(9-3)13-12-21-20(24)26-6/h10-11,14,16H,7-9,12-13,15H2,1-6H3,(H,21,24). The van der Waals surface area contributed by atoms with Crippen LogP contribution in [0.2, 0.25) is 0 Å². The van der Waals surface area contributed by atoms with E-state index >= 15 is 0 Å². The van der Waals surface area contributed by atoms with E-state index in [1.807, 2.05) is 0 Å². The summed E-state index contributed by atoms with van der Waals surface area (Å²) in [5, 5.41) is 2.74. The minimum Gasteiger partial charge on any atom is -0.496 e. The molecule has 0 heterocycles. The van der Waals surface area contributed by atoms with Gasteiger partial charge >= 0.3 is 6.09 Å². The predicted molar refractivity (Wildman–Crippen MR) is 106 cm³/mol. The molecule has 0 aliphatic rings. The van der Waals surface area contributed by atoms with Crippen molar-refractivity contribution in [3.05, 3.63) is 29.3 Å². The highest BCUT2D eigenvalue weighted by molar-refractivity contribution is 5.66.